The molecule has 0 aliphatic rings. The summed E-state index contributed by atoms with van der Waals surface area (Å²) in [5, 5.41) is 11.6. The summed E-state index contributed by atoms with van der Waals surface area (Å²) >= 11 is 3.36. The first-order valence-corrected chi connectivity index (χ1v) is 6.74. The second kappa shape index (κ2) is 7.35. The molecular formula is C13H18BrNO4. The average Bonchev–Trinajstić information content (AvgIpc) is 2.40. The number of ether oxygens (including phenoxy) is 2. The molecule has 1 unspecified atom stereocenters. The van der Waals surface area contributed by atoms with Crippen molar-refractivity contribution in [1.29, 1.82) is 0 Å². The fourth-order valence-corrected chi connectivity index (χ4v) is 2.04. The molecule has 0 bridgehead atoms. The molecule has 0 fully saturated rings. The van der Waals surface area contributed by atoms with Crippen LogP contribution < -0.4 is 14.8 Å². The number of nitrogens with one attached hydrogen (secondary N) is 1. The molecule has 1 aromatic carbocycles. The smallest absolute Gasteiger partial charge is 0.251 e. The standard InChI is InChI=1S/C13H18BrNO4/c1-4-19-12-10(14)5-9(6-11(12)18-3)13(17)15-8(2)7-16/h5-6,8,16H,4,7H2,1-3H3,(H,15,17). The summed E-state index contributed by atoms with van der Waals surface area (Å²) in [7, 11) is 1.52. The number of carbonyl (C=O) groups excluding carboxylic acids is 1. The zero-order valence-electron chi connectivity index (χ0n) is 11.2. The Hall–Kier alpha value is -1.27. The number of aliphatic hydroxyl groups is 1. The van der Waals surface area contributed by atoms with Crippen LogP contribution in [0.2, 0.25) is 0 Å². The predicted molar refractivity (Wildman–Crippen MR) is 75.9 cm³/mol. The number of halogens is 1. The maximum atomic E-state index is 12.0. The van der Waals surface area contributed by atoms with E-state index in [1.165, 1.54) is 7.11 Å². The highest BCUT2D eigenvalue weighted by Gasteiger charge is 2.16. The topological polar surface area (TPSA) is 67.8 Å². The fourth-order valence-electron chi connectivity index (χ4n) is 1.49. The third kappa shape index (κ3) is 4.11. The Kier molecular flexibility index (Phi) is 6.11. The molecule has 0 saturated heterocycles. The molecule has 0 saturated carbocycles. The van der Waals surface area contributed by atoms with Crippen LogP contribution in [0.15, 0.2) is 16.6 Å². The maximum Gasteiger partial charge on any atom is 0.251 e. The zero-order valence-corrected chi connectivity index (χ0v) is 12.8. The van der Waals surface area contributed by atoms with Crippen molar-refractivity contribution in [2.45, 2.75) is 19.9 Å². The summed E-state index contributed by atoms with van der Waals surface area (Å²) in [5.74, 6) is 0.776. The summed E-state index contributed by atoms with van der Waals surface area (Å²) in [6.45, 7) is 3.98. The van der Waals surface area contributed by atoms with E-state index in [4.69, 9.17) is 14.6 Å². The number of hydrogen-bond acceptors (Lipinski definition) is 4. The van der Waals surface area contributed by atoms with E-state index in [0.29, 0.717) is 28.1 Å². The van der Waals surface area contributed by atoms with Crippen LogP contribution in [0.1, 0.15) is 24.2 Å². The predicted octanol–water partition coefficient (Wildman–Crippen LogP) is 1.97. The van der Waals surface area contributed by atoms with Gasteiger partial charge in [0.2, 0.25) is 0 Å². The van der Waals surface area contributed by atoms with Gasteiger partial charge >= 0.3 is 0 Å². The largest absolute Gasteiger partial charge is 0.493 e. The van der Waals surface area contributed by atoms with Crippen molar-refractivity contribution in [2.24, 2.45) is 0 Å². The lowest BCUT2D eigenvalue weighted by Crippen LogP contribution is -2.35. The van der Waals surface area contributed by atoms with Gasteiger partial charge in [0.15, 0.2) is 11.5 Å². The number of benzene rings is 1. The molecule has 0 aromatic heterocycles. The van der Waals surface area contributed by atoms with Gasteiger partial charge in [-0.25, -0.2) is 0 Å². The van der Waals surface area contributed by atoms with Gasteiger partial charge in [-0.3, -0.25) is 4.79 Å². The SMILES string of the molecule is CCOc1c(Br)cc(C(=O)NC(C)CO)cc1OC. The van der Waals surface area contributed by atoms with Crippen molar-refractivity contribution in [2.75, 3.05) is 20.3 Å². The molecule has 0 radical (unpaired) electrons. The van der Waals surface area contributed by atoms with Gasteiger partial charge in [-0.1, -0.05) is 0 Å². The molecule has 6 heteroatoms. The maximum absolute atomic E-state index is 12.0. The molecule has 2 N–H and O–H groups in total. The van der Waals surface area contributed by atoms with Crippen LogP contribution >= 0.6 is 15.9 Å². The van der Waals surface area contributed by atoms with E-state index in [1.807, 2.05) is 6.92 Å². The molecule has 19 heavy (non-hydrogen) atoms. The summed E-state index contributed by atoms with van der Waals surface area (Å²) in [4.78, 5) is 12.0. The van der Waals surface area contributed by atoms with E-state index in [1.54, 1.807) is 19.1 Å². The monoisotopic (exact) mass is 331 g/mol. The Morgan fingerprint density at radius 2 is 2.21 bits per heavy atom. The molecule has 0 aliphatic heterocycles. The van der Waals surface area contributed by atoms with Gasteiger partial charge in [0, 0.05) is 11.6 Å². The minimum atomic E-state index is -0.302. The van der Waals surface area contributed by atoms with E-state index < -0.39 is 0 Å². The first-order valence-electron chi connectivity index (χ1n) is 5.95. The van der Waals surface area contributed by atoms with E-state index >= 15 is 0 Å². The third-order valence-corrected chi connectivity index (χ3v) is 3.02. The zero-order chi connectivity index (χ0) is 14.4. The Balaban J connectivity index is 3.04. The fraction of sp³-hybridized carbons (Fsp3) is 0.462. The quantitative estimate of drug-likeness (QED) is 0.836. The molecule has 0 aliphatic carbocycles. The third-order valence-electron chi connectivity index (χ3n) is 2.43. The molecule has 106 valence electrons. The van der Waals surface area contributed by atoms with E-state index in [0.717, 1.165) is 0 Å². The minimum Gasteiger partial charge on any atom is -0.493 e. The first kappa shape index (κ1) is 15.8. The number of rotatable bonds is 6. The lowest BCUT2D eigenvalue weighted by molar-refractivity contribution is 0.0922. The summed E-state index contributed by atoms with van der Waals surface area (Å²) in [6, 6.07) is 2.96. The Labute approximate surface area is 121 Å². The number of methoxy groups -OCH3 is 1. The number of carbonyl (C=O) groups is 1. The summed E-state index contributed by atoms with van der Waals surface area (Å²) < 4.78 is 11.3. The van der Waals surface area contributed by atoms with Gasteiger partial charge in [0.1, 0.15) is 0 Å². The second-order valence-electron chi connectivity index (χ2n) is 3.98. The van der Waals surface area contributed by atoms with Crippen LogP contribution in [0.25, 0.3) is 0 Å². The molecule has 1 aromatic rings. The summed E-state index contributed by atoms with van der Waals surface area (Å²) in [5.41, 5.74) is 0.437. The molecule has 5 nitrogen and oxygen atoms in total. The number of aliphatic hydroxyl groups excluding tert-OH is 1. The molecular weight excluding hydrogens is 314 g/mol. The van der Waals surface area contributed by atoms with Crippen molar-refractivity contribution >= 4 is 21.8 Å². The van der Waals surface area contributed by atoms with Gasteiger partial charge in [-0.2, -0.15) is 0 Å². The minimum absolute atomic E-state index is 0.110. The molecule has 1 amide bonds. The van der Waals surface area contributed by atoms with Gasteiger partial charge in [-0.05, 0) is 41.9 Å². The van der Waals surface area contributed by atoms with Crippen molar-refractivity contribution < 1.29 is 19.4 Å². The lowest BCUT2D eigenvalue weighted by atomic mass is 10.1. The van der Waals surface area contributed by atoms with E-state index in [9.17, 15) is 4.79 Å². The van der Waals surface area contributed by atoms with Crippen LogP contribution in [-0.4, -0.2) is 37.4 Å². The highest BCUT2D eigenvalue weighted by Crippen LogP contribution is 2.36. The van der Waals surface area contributed by atoms with Gasteiger partial charge in [-0.15, -0.1) is 0 Å². The van der Waals surface area contributed by atoms with Crippen LogP contribution in [0.4, 0.5) is 0 Å². The van der Waals surface area contributed by atoms with E-state index in [2.05, 4.69) is 21.2 Å². The molecule has 1 rings (SSSR count). The normalized spacial score (nSPS) is 11.8. The molecule has 0 spiro atoms. The Bertz CT molecular complexity index is 451. The first-order chi connectivity index (χ1) is 9.03. The molecule has 1 atom stereocenters. The summed E-state index contributed by atoms with van der Waals surface area (Å²) in [6.07, 6.45) is 0. The van der Waals surface area contributed by atoms with Gasteiger partial charge < -0.3 is 19.9 Å². The van der Waals surface area contributed by atoms with Crippen LogP contribution in [0, 0.1) is 0 Å². The lowest BCUT2D eigenvalue weighted by Gasteiger charge is -2.15. The van der Waals surface area contributed by atoms with Gasteiger partial charge in [0.25, 0.3) is 5.91 Å². The highest BCUT2D eigenvalue weighted by molar-refractivity contribution is 9.10. The van der Waals surface area contributed by atoms with Crippen molar-refractivity contribution in [3.63, 3.8) is 0 Å². The molecule has 0 heterocycles. The van der Waals surface area contributed by atoms with Crippen LogP contribution in [0.3, 0.4) is 0 Å². The Morgan fingerprint density at radius 1 is 1.53 bits per heavy atom. The number of amides is 1. The Morgan fingerprint density at radius 3 is 2.74 bits per heavy atom. The van der Waals surface area contributed by atoms with Crippen LogP contribution in [-0.2, 0) is 0 Å². The number of hydrogen-bond donors (Lipinski definition) is 2. The average molecular weight is 332 g/mol. The second-order valence-corrected chi connectivity index (χ2v) is 4.83. The van der Waals surface area contributed by atoms with E-state index in [-0.39, 0.29) is 18.6 Å². The van der Waals surface area contributed by atoms with Crippen molar-refractivity contribution in [1.82, 2.24) is 5.32 Å². The van der Waals surface area contributed by atoms with Crippen LogP contribution in [0.5, 0.6) is 11.5 Å². The highest BCUT2D eigenvalue weighted by atomic mass is 79.9. The van der Waals surface area contributed by atoms with Crippen molar-refractivity contribution in [3.05, 3.63) is 22.2 Å². The van der Waals surface area contributed by atoms with Crippen molar-refractivity contribution in [3.8, 4) is 11.5 Å². The van der Waals surface area contributed by atoms with Gasteiger partial charge in [0.05, 0.1) is 24.8 Å².